The molecule has 0 spiro atoms. The molecule has 0 aliphatic carbocycles. The molecule has 0 aromatic heterocycles. The van der Waals surface area contributed by atoms with Crippen molar-refractivity contribution in [1.29, 1.82) is 5.26 Å². The van der Waals surface area contributed by atoms with E-state index in [2.05, 4.69) is 25.2 Å². The molecule has 2 rings (SSSR count). The summed E-state index contributed by atoms with van der Waals surface area (Å²) in [6.07, 6.45) is -0.748. The molecule has 2 aromatic rings. The molecule has 1 amide bonds. The van der Waals surface area contributed by atoms with Crippen molar-refractivity contribution in [3.8, 4) is 23.3 Å². The second-order valence-corrected chi connectivity index (χ2v) is 7.21. The molecule has 6 heteroatoms. The normalized spacial score (nSPS) is 12.6. The standard InChI is InChI=1S/C23H28N2O4/c1-15(2)14-28-21-11-10-18(12-22(21)27-5)16(3)25-23(26)17(4)29-20-9-7-6-8-19(20)13-24/h6-12,15-17H,14H2,1-5H3,(H,25,26)/t16-,17+/m1/s1. The van der Waals surface area contributed by atoms with Crippen LogP contribution in [-0.4, -0.2) is 25.7 Å². The zero-order valence-electron chi connectivity index (χ0n) is 17.6. The van der Waals surface area contributed by atoms with Gasteiger partial charge in [-0.2, -0.15) is 5.26 Å². The number of hydrogen-bond acceptors (Lipinski definition) is 5. The van der Waals surface area contributed by atoms with Crippen LogP contribution in [0.4, 0.5) is 0 Å². The van der Waals surface area contributed by atoms with Gasteiger partial charge in [0.2, 0.25) is 0 Å². The average Bonchev–Trinajstić information content (AvgIpc) is 2.72. The molecule has 0 fully saturated rings. The summed E-state index contributed by atoms with van der Waals surface area (Å²) in [6.45, 7) is 8.30. The molecule has 154 valence electrons. The van der Waals surface area contributed by atoms with E-state index >= 15 is 0 Å². The Morgan fingerprint density at radius 2 is 1.79 bits per heavy atom. The topological polar surface area (TPSA) is 80.6 Å². The van der Waals surface area contributed by atoms with Crippen LogP contribution in [0.25, 0.3) is 0 Å². The summed E-state index contributed by atoms with van der Waals surface area (Å²) >= 11 is 0. The quantitative estimate of drug-likeness (QED) is 0.685. The lowest BCUT2D eigenvalue weighted by Gasteiger charge is -2.20. The summed E-state index contributed by atoms with van der Waals surface area (Å²) in [7, 11) is 1.59. The number of carbonyl (C=O) groups excluding carboxylic acids is 1. The van der Waals surface area contributed by atoms with E-state index in [4.69, 9.17) is 19.5 Å². The van der Waals surface area contributed by atoms with Crippen molar-refractivity contribution in [2.24, 2.45) is 5.92 Å². The van der Waals surface area contributed by atoms with Gasteiger partial charge in [0.1, 0.15) is 11.8 Å². The van der Waals surface area contributed by atoms with Gasteiger partial charge in [-0.15, -0.1) is 0 Å². The van der Waals surface area contributed by atoms with Crippen molar-refractivity contribution in [3.05, 3.63) is 53.6 Å². The van der Waals surface area contributed by atoms with Crippen LogP contribution in [0.1, 0.15) is 44.9 Å². The van der Waals surface area contributed by atoms with Crippen LogP contribution in [0.15, 0.2) is 42.5 Å². The van der Waals surface area contributed by atoms with Gasteiger partial charge in [0.25, 0.3) is 5.91 Å². The Morgan fingerprint density at radius 1 is 1.07 bits per heavy atom. The second-order valence-electron chi connectivity index (χ2n) is 7.21. The summed E-state index contributed by atoms with van der Waals surface area (Å²) in [5.41, 5.74) is 1.28. The summed E-state index contributed by atoms with van der Waals surface area (Å²) in [5.74, 6) is 1.82. The third-order valence-corrected chi connectivity index (χ3v) is 4.30. The predicted molar refractivity (Wildman–Crippen MR) is 111 cm³/mol. The number of para-hydroxylation sites is 1. The SMILES string of the molecule is COc1cc([C@@H](C)NC(=O)[C@H](C)Oc2ccccc2C#N)ccc1OCC(C)C. The van der Waals surface area contributed by atoms with Gasteiger partial charge in [-0.05, 0) is 49.6 Å². The van der Waals surface area contributed by atoms with Gasteiger partial charge in [0.15, 0.2) is 17.6 Å². The van der Waals surface area contributed by atoms with Gasteiger partial charge in [-0.1, -0.05) is 32.0 Å². The summed E-state index contributed by atoms with van der Waals surface area (Å²) in [4.78, 5) is 12.6. The number of hydrogen-bond donors (Lipinski definition) is 1. The fourth-order valence-corrected chi connectivity index (χ4v) is 2.65. The van der Waals surface area contributed by atoms with Gasteiger partial charge in [0.05, 0.1) is 25.3 Å². The first kappa shape index (κ1) is 22.1. The third kappa shape index (κ3) is 6.15. The average molecular weight is 396 g/mol. The number of nitriles is 1. The molecule has 0 unspecified atom stereocenters. The zero-order valence-corrected chi connectivity index (χ0v) is 17.6. The number of rotatable bonds is 9. The Kier molecular flexibility index (Phi) is 7.90. The molecule has 0 radical (unpaired) electrons. The Morgan fingerprint density at radius 3 is 2.45 bits per heavy atom. The largest absolute Gasteiger partial charge is 0.493 e. The van der Waals surface area contributed by atoms with Crippen LogP contribution in [0.5, 0.6) is 17.2 Å². The fourth-order valence-electron chi connectivity index (χ4n) is 2.65. The fraction of sp³-hybridized carbons (Fsp3) is 0.391. The molecule has 0 bridgehead atoms. The number of benzene rings is 2. The first-order chi connectivity index (χ1) is 13.8. The van der Waals surface area contributed by atoms with E-state index in [-0.39, 0.29) is 11.9 Å². The zero-order chi connectivity index (χ0) is 21.4. The molecule has 0 aliphatic rings. The highest BCUT2D eigenvalue weighted by Crippen LogP contribution is 2.30. The number of nitrogens with one attached hydrogen (secondary N) is 1. The van der Waals surface area contributed by atoms with Crippen LogP contribution >= 0.6 is 0 Å². The highest BCUT2D eigenvalue weighted by molar-refractivity contribution is 5.81. The van der Waals surface area contributed by atoms with E-state index in [1.807, 2.05) is 25.1 Å². The molecular formula is C23H28N2O4. The highest BCUT2D eigenvalue weighted by Gasteiger charge is 2.20. The molecule has 29 heavy (non-hydrogen) atoms. The number of amides is 1. The van der Waals surface area contributed by atoms with E-state index in [0.717, 1.165) is 5.56 Å². The lowest BCUT2D eigenvalue weighted by atomic mass is 10.1. The number of ether oxygens (including phenoxy) is 3. The molecular weight excluding hydrogens is 368 g/mol. The minimum atomic E-state index is -0.748. The van der Waals surface area contributed by atoms with E-state index in [9.17, 15) is 4.79 Å². The van der Waals surface area contributed by atoms with E-state index in [1.54, 1.807) is 38.3 Å². The van der Waals surface area contributed by atoms with Crippen molar-refractivity contribution in [2.45, 2.75) is 39.8 Å². The highest BCUT2D eigenvalue weighted by atomic mass is 16.5. The number of methoxy groups -OCH3 is 1. The minimum Gasteiger partial charge on any atom is -0.493 e. The van der Waals surface area contributed by atoms with Gasteiger partial charge < -0.3 is 19.5 Å². The van der Waals surface area contributed by atoms with Crippen molar-refractivity contribution >= 4 is 5.91 Å². The molecule has 0 saturated carbocycles. The molecule has 2 atom stereocenters. The monoisotopic (exact) mass is 396 g/mol. The third-order valence-electron chi connectivity index (χ3n) is 4.30. The molecule has 0 aliphatic heterocycles. The molecule has 6 nitrogen and oxygen atoms in total. The van der Waals surface area contributed by atoms with Crippen molar-refractivity contribution < 1.29 is 19.0 Å². The lowest BCUT2D eigenvalue weighted by molar-refractivity contribution is -0.127. The lowest BCUT2D eigenvalue weighted by Crippen LogP contribution is -2.37. The molecule has 2 aromatic carbocycles. The van der Waals surface area contributed by atoms with E-state index in [0.29, 0.717) is 35.3 Å². The second kappa shape index (κ2) is 10.4. The van der Waals surface area contributed by atoms with Crippen molar-refractivity contribution in [1.82, 2.24) is 5.32 Å². The molecule has 0 heterocycles. The van der Waals surface area contributed by atoms with E-state index < -0.39 is 6.10 Å². The van der Waals surface area contributed by atoms with Gasteiger partial charge in [0, 0.05) is 0 Å². The Bertz CT molecular complexity index is 873. The maximum absolute atomic E-state index is 12.6. The van der Waals surface area contributed by atoms with Gasteiger partial charge in [-0.25, -0.2) is 0 Å². The maximum Gasteiger partial charge on any atom is 0.261 e. The van der Waals surface area contributed by atoms with Crippen LogP contribution in [0.2, 0.25) is 0 Å². The van der Waals surface area contributed by atoms with Crippen LogP contribution in [-0.2, 0) is 4.79 Å². The first-order valence-corrected chi connectivity index (χ1v) is 9.62. The van der Waals surface area contributed by atoms with Crippen molar-refractivity contribution in [3.63, 3.8) is 0 Å². The number of carbonyl (C=O) groups is 1. The Hall–Kier alpha value is -3.20. The van der Waals surface area contributed by atoms with Crippen LogP contribution < -0.4 is 19.5 Å². The van der Waals surface area contributed by atoms with Crippen LogP contribution in [0, 0.1) is 17.2 Å². The van der Waals surface area contributed by atoms with Crippen LogP contribution in [0.3, 0.4) is 0 Å². The molecule has 0 saturated heterocycles. The predicted octanol–water partition coefficient (Wildman–Crippen LogP) is 4.25. The maximum atomic E-state index is 12.6. The first-order valence-electron chi connectivity index (χ1n) is 9.62. The van der Waals surface area contributed by atoms with Gasteiger partial charge >= 0.3 is 0 Å². The van der Waals surface area contributed by atoms with Gasteiger partial charge in [-0.3, -0.25) is 4.79 Å². The Balaban J connectivity index is 2.04. The van der Waals surface area contributed by atoms with Crippen molar-refractivity contribution in [2.75, 3.05) is 13.7 Å². The van der Waals surface area contributed by atoms with E-state index in [1.165, 1.54) is 0 Å². The number of nitrogens with zero attached hydrogens (tertiary/aromatic N) is 1. The molecule has 1 N–H and O–H groups in total. The minimum absolute atomic E-state index is 0.257. The Labute approximate surface area is 172 Å². The summed E-state index contributed by atoms with van der Waals surface area (Å²) in [6, 6.07) is 14.2. The summed E-state index contributed by atoms with van der Waals surface area (Å²) < 4.78 is 16.9. The summed E-state index contributed by atoms with van der Waals surface area (Å²) in [5, 5.41) is 12.1. The smallest absolute Gasteiger partial charge is 0.261 e.